The molecule has 0 bridgehead atoms. The van der Waals surface area contributed by atoms with Crippen LogP contribution in [-0.4, -0.2) is 27.3 Å². The van der Waals surface area contributed by atoms with E-state index < -0.39 is 11.9 Å². The van der Waals surface area contributed by atoms with E-state index in [1.165, 1.54) is 4.57 Å². The summed E-state index contributed by atoms with van der Waals surface area (Å²) in [6.45, 7) is 2.02. The van der Waals surface area contributed by atoms with Crippen LogP contribution in [0.5, 0.6) is 0 Å². The van der Waals surface area contributed by atoms with E-state index in [1.807, 2.05) is 6.07 Å². The Labute approximate surface area is 155 Å². The molecular formula is C19H20N4O4. The van der Waals surface area contributed by atoms with Gasteiger partial charge in [-0.3, -0.25) is 29.1 Å². The second-order valence-corrected chi connectivity index (χ2v) is 7.14. The molecule has 2 heterocycles. The predicted octanol–water partition coefficient (Wildman–Crippen LogP) is 0.709. The van der Waals surface area contributed by atoms with Gasteiger partial charge < -0.3 is 5.32 Å². The smallest absolute Gasteiger partial charge is 0.262 e. The molecule has 3 amide bonds. The van der Waals surface area contributed by atoms with Crippen LogP contribution in [0.15, 0.2) is 23.0 Å². The van der Waals surface area contributed by atoms with Gasteiger partial charge in [-0.1, -0.05) is 6.07 Å². The van der Waals surface area contributed by atoms with E-state index in [0.29, 0.717) is 23.3 Å². The molecule has 8 nitrogen and oxygen atoms in total. The van der Waals surface area contributed by atoms with Crippen molar-refractivity contribution in [2.75, 3.05) is 0 Å². The number of nitrogens with one attached hydrogen (secondary N) is 2. The number of fused-ring (bicyclic) bond motifs is 1. The summed E-state index contributed by atoms with van der Waals surface area (Å²) in [5.74, 6) is -0.218. The number of nitrogens with zero attached hydrogens (tertiary/aromatic N) is 2. The second-order valence-electron chi connectivity index (χ2n) is 7.14. The van der Waals surface area contributed by atoms with E-state index in [1.54, 1.807) is 19.1 Å². The zero-order chi connectivity index (χ0) is 19.1. The van der Waals surface area contributed by atoms with Gasteiger partial charge in [0.25, 0.3) is 5.56 Å². The topological polar surface area (TPSA) is 110 Å². The Morgan fingerprint density at radius 3 is 2.74 bits per heavy atom. The van der Waals surface area contributed by atoms with Crippen molar-refractivity contribution >= 4 is 28.6 Å². The first-order valence-corrected chi connectivity index (χ1v) is 9.07. The summed E-state index contributed by atoms with van der Waals surface area (Å²) in [4.78, 5) is 52.9. The van der Waals surface area contributed by atoms with Crippen LogP contribution in [-0.2, 0) is 20.9 Å². The van der Waals surface area contributed by atoms with Crippen molar-refractivity contribution in [3.8, 4) is 0 Å². The van der Waals surface area contributed by atoms with Crippen molar-refractivity contribution in [3.63, 3.8) is 0 Å². The van der Waals surface area contributed by atoms with E-state index in [0.717, 1.165) is 18.4 Å². The molecule has 1 aromatic heterocycles. The zero-order valence-electron chi connectivity index (χ0n) is 14.9. The van der Waals surface area contributed by atoms with Gasteiger partial charge in [0.05, 0.1) is 10.9 Å². The van der Waals surface area contributed by atoms with E-state index in [4.69, 9.17) is 0 Å². The number of carbonyl (C=O) groups excluding carboxylic acids is 3. The first-order valence-electron chi connectivity index (χ1n) is 9.07. The number of hydrogen-bond acceptors (Lipinski definition) is 5. The van der Waals surface area contributed by atoms with Crippen molar-refractivity contribution in [2.45, 2.75) is 45.2 Å². The highest BCUT2D eigenvalue weighted by molar-refractivity contribution is 5.99. The van der Waals surface area contributed by atoms with Gasteiger partial charge in [-0.05, 0) is 43.9 Å². The van der Waals surface area contributed by atoms with Crippen LogP contribution in [0.4, 0.5) is 0 Å². The average molecular weight is 368 g/mol. The van der Waals surface area contributed by atoms with Crippen LogP contribution >= 0.6 is 0 Å². The molecule has 1 saturated heterocycles. The SMILES string of the molecule is Cc1nc2ccc(CNC(=O)C3CC3)cc2c(=O)n1[C@@H]1CCC(=O)NC1=O. The van der Waals surface area contributed by atoms with Gasteiger partial charge in [0.1, 0.15) is 11.9 Å². The summed E-state index contributed by atoms with van der Waals surface area (Å²) in [6, 6.07) is 4.54. The quantitative estimate of drug-likeness (QED) is 0.772. The number of rotatable bonds is 4. The second kappa shape index (κ2) is 6.61. The van der Waals surface area contributed by atoms with Crippen LogP contribution in [0.25, 0.3) is 10.9 Å². The molecule has 1 aliphatic heterocycles. The third-order valence-electron chi connectivity index (χ3n) is 5.08. The first kappa shape index (κ1) is 17.4. The molecule has 1 aliphatic carbocycles. The Balaban J connectivity index is 1.68. The number of aromatic nitrogens is 2. The normalized spacial score (nSPS) is 19.8. The highest BCUT2D eigenvalue weighted by atomic mass is 16.2. The Morgan fingerprint density at radius 2 is 2.04 bits per heavy atom. The minimum atomic E-state index is -0.745. The van der Waals surface area contributed by atoms with Gasteiger partial charge in [0.2, 0.25) is 17.7 Å². The number of imide groups is 1. The van der Waals surface area contributed by atoms with Crippen LogP contribution in [0.2, 0.25) is 0 Å². The van der Waals surface area contributed by atoms with Gasteiger partial charge in [-0.15, -0.1) is 0 Å². The van der Waals surface area contributed by atoms with Crippen LogP contribution in [0.1, 0.15) is 43.1 Å². The van der Waals surface area contributed by atoms with E-state index in [-0.39, 0.29) is 36.1 Å². The maximum atomic E-state index is 13.1. The fourth-order valence-electron chi connectivity index (χ4n) is 3.44. The summed E-state index contributed by atoms with van der Waals surface area (Å²) in [7, 11) is 0. The van der Waals surface area contributed by atoms with Crippen molar-refractivity contribution in [3.05, 3.63) is 39.9 Å². The van der Waals surface area contributed by atoms with E-state index >= 15 is 0 Å². The van der Waals surface area contributed by atoms with Crippen LogP contribution in [0, 0.1) is 12.8 Å². The molecule has 1 saturated carbocycles. The maximum Gasteiger partial charge on any atom is 0.262 e. The molecule has 8 heteroatoms. The lowest BCUT2D eigenvalue weighted by atomic mass is 10.0. The highest BCUT2D eigenvalue weighted by Crippen LogP contribution is 2.28. The largest absolute Gasteiger partial charge is 0.352 e. The molecule has 1 aromatic carbocycles. The van der Waals surface area contributed by atoms with Crippen molar-refractivity contribution in [1.82, 2.24) is 20.2 Å². The molecule has 2 N–H and O–H groups in total. The molecule has 140 valence electrons. The van der Waals surface area contributed by atoms with Gasteiger partial charge >= 0.3 is 0 Å². The molecular weight excluding hydrogens is 348 g/mol. The minimum absolute atomic E-state index is 0.0399. The summed E-state index contributed by atoms with van der Waals surface area (Å²) < 4.78 is 1.36. The molecule has 2 fully saturated rings. The fourth-order valence-corrected chi connectivity index (χ4v) is 3.44. The first-order chi connectivity index (χ1) is 12.9. The number of amides is 3. The maximum absolute atomic E-state index is 13.1. The third kappa shape index (κ3) is 3.34. The number of carbonyl (C=O) groups is 3. The Kier molecular flexibility index (Phi) is 4.25. The molecule has 0 radical (unpaired) electrons. The number of piperidine rings is 1. The molecule has 0 unspecified atom stereocenters. The minimum Gasteiger partial charge on any atom is -0.352 e. The third-order valence-corrected chi connectivity index (χ3v) is 5.08. The average Bonchev–Trinajstić information content (AvgIpc) is 3.47. The lowest BCUT2D eigenvalue weighted by molar-refractivity contribution is -0.135. The Bertz CT molecular complexity index is 1020. The van der Waals surface area contributed by atoms with Crippen molar-refractivity contribution in [1.29, 1.82) is 0 Å². The predicted molar refractivity (Wildman–Crippen MR) is 96.7 cm³/mol. The van der Waals surface area contributed by atoms with E-state index in [9.17, 15) is 19.2 Å². The molecule has 0 spiro atoms. The fraction of sp³-hybridized carbons (Fsp3) is 0.421. The lowest BCUT2D eigenvalue weighted by Crippen LogP contribution is -2.45. The van der Waals surface area contributed by atoms with Gasteiger partial charge in [-0.25, -0.2) is 4.98 Å². The molecule has 2 aliphatic rings. The van der Waals surface area contributed by atoms with Crippen molar-refractivity contribution < 1.29 is 14.4 Å². The summed E-state index contributed by atoms with van der Waals surface area (Å²) in [5, 5.41) is 5.55. The summed E-state index contributed by atoms with van der Waals surface area (Å²) in [5.41, 5.74) is 1.02. The van der Waals surface area contributed by atoms with Gasteiger partial charge in [-0.2, -0.15) is 0 Å². The molecule has 1 atom stereocenters. The number of benzene rings is 1. The lowest BCUT2D eigenvalue weighted by Gasteiger charge is -2.24. The zero-order valence-corrected chi connectivity index (χ0v) is 14.9. The highest BCUT2D eigenvalue weighted by Gasteiger charge is 2.31. The number of aryl methyl sites for hydroxylation is 1. The van der Waals surface area contributed by atoms with Crippen molar-refractivity contribution in [2.24, 2.45) is 5.92 Å². The Hall–Kier alpha value is -3.03. The van der Waals surface area contributed by atoms with Gasteiger partial charge in [0.15, 0.2) is 0 Å². The summed E-state index contributed by atoms with van der Waals surface area (Å²) in [6.07, 6.45) is 2.33. The standard InChI is InChI=1S/C19H20N4O4/c1-10-21-14-5-2-11(9-20-17(25)12-3-4-12)8-13(14)19(27)23(10)15-6-7-16(24)22-18(15)26/h2,5,8,12,15H,3-4,6-7,9H2,1H3,(H,20,25)(H,22,24,26)/t15-/m1/s1. The monoisotopic (exact) mass is 368 g/mol. The van der Waals surface area contributed by atoms with E-state index in [2.05, 4.69) is 15.6 Å². The molecule has 27 heavy (non-hydrogen) atoms. The molecule has 4 rings (SSSR count). The summed E-state index contributed by atoms with van der Waals surface area (Å²) >= 11 is 0. The van der Waals surface area contributed by atoms with Gasteiger partial charge in [0, 0.05) is 18.9 Å². The van der Waals surface area contributed by atoms with Crippen LogP contribution in [0.3, 0.4) is 0 Å². The number of hydrogen-bond donors (Lipinski definition) is 2. The van der Waals surface area contributed by atoms with Crippen LogP contribution < -0.4 is 16.2 Å². The Morgan fingerprint density at radius 1 is 1.26 bits per heavy atom. The molecule has 2 aromatic rings.